The number of rotatable bonds is 17. The maximum atomic E-state index is 18.1. The number of fused-ring (bicyclic) bond motifs is 1. The highest BCUT2D eigenvalue weighted by molar-refractivity contribution is 6.36. The van der Waals surface area contributed by atoms with Crippen molar-refractivity contribution in [2.45, 2.75) is 76.7 Å². The van der Waals surface area contributed by atoms with Gasteiger partial charge in [-0.2, -0.15) is 23.1 Å². The van der Waals surface area contributed by atoms with Crippen LogP contribution in [0.3, 0.4) is 0 Å². The van der Waals surface area contributed by atoms with Crippen molar-refractivity contribution in [1.82, 2.24) is 24.8 Å². The summed E-state index contributed by atoms with van der Waals surface area (Å²) in [5.74, 6) is -0.695. The first-order chi connectivity index (χ1) is 36.6. The lowest BCUT2D eigenvalue weighted by atomic mass is 9.95. The zero-order valence-corrected chi connectivity index (χ0v) is 43.2. The largest absolute Gasteiger partial charge is 0.497 e. The molecule has 4 aromatic carbocycles. The summed E-state index contributed by atoms with van der Waals surface area (Å²) in [6.07, 6.45) is -2.97. The second-order valence-corrected chi connectivity index (χ2v) is 19.6. The second-order valence-electron chi connectivity index (χ2n) is 19.3. The van der Waals surface area contributed by atoms with Crippen LogP contribution in [0.5, 0.6) is 29.0 Å². The normalized spacial score (nSPS) is 17.7. The van der Waals surface area contributed by atoms with E-state index in [4.69, 9.17) is 45.3 Å². The number of anilines is 3. The monoisotopic (exact) mass is 1070 g/mol. The first-order valence-electron chi connectivity index (χ1n) is 24.8. The van der Waals surface area contributed by atoms with E-state index in [2.05, 4.69) is 20.2 Å². The maximum Gasteiger partial charge on any atom is 0.418 e. The minimum Gasteiger partial charge on any atom is -0.497 e. The molecule has 1 N–H and O–H groups in total. The topological polar surface area (TPSA) is 119 Å². The molecule has 3 aliphatic heterocycles. The van der Waals surface area contributed by atoms with E-state index in [1.54, 1.807) is 44.7 Å². The Morgan fingerprint density at radius 2 is 1.49 bits per heavy atom. The molecule has 398 valence electrons. The fourth-order valence-electron chi connectivity index (χ4n) is 10.8. The van der Waals surface area contributed by atoms with E-state index >= 15 is 26.3 Å². The molecule has 0 spiro atoms. The SMILES string of the molecule is COc1ccc(CNc2nc(-c3c(Cl)c4c5c(nc(OC[C@@]67CCCN6C[C@H](F)C7)nc5c3F)N([C@H](C)c3cccnc3N(Cc3ccc(OC)cc3)Cc3ccc(OC)cc3)CCO4)c(C(F)(F)F)c(C)c2F)cc1. The zero-order chi connectivity index (χ0) is 53.5. The summed E-state index contributed by atoms with van der Waals surface area (Å²) in [5.41, 5.74) is -2.04. The van der Waals surface area contributed by atoms with Gasteiger partial charge in [0, 0.05) is 49.9 Å². The summed E-state index contributed by atoms with van der Waals surface area (Å²) in [6, 6.07) is 25.0. The van der Waals surface area contributed by atoms with Crippen molar-refractivity contribution in [1.29, 1.82) is 0 Å². The second kappa shape index (κ2) is 21.4. The number of hydrogen-bond acceptors (Lipinski definition) is 13. The molecule has 13 nitrogen and oxygen atoms in total. The molecule has 0 aliphatic carbocycles. The van der Waals surface area contributed by atoms with Gasteiger partial charge in [-0.25, -0.2) is 23.1 Å². The lowest BCUT2D eigenvalue weighted by Crippen LogP contribution is -2.43. The number of nitrogens with zero attached hydrogens (tertiary/aromatic N) is 7. The Labute approximate surface area is 440 Å². The van der Waals surface area contributed by atoms with Crippen LogP contribution in [0.25, 0.3) is 22.2 Å². The van der Waals surface area contributed by atoms with Gasteiger partial charge in [0.25, 0.3) is 0 Å². The average Bonchev–Trinajstić information content (AvgIpc) is 3.91. The first-order valence-corrected chi connectivity index (χ1v) is 25.2. The average molecular weight is 1070 g/mol. The summed E-state index contributed by atoms with van der Waals surface area (Å²) in [4.78, 5) is 24.7. The van der Waals surface area contributed by atoms with Gasteiger partial charge in [-0.05, 0) is 92.4 Å². The predicted octanol–water partition coefficient (Wildman–Crippen LogP) is 12.1. The third-order valence-electron chi connectivity index (χ3n) is 14.6. The van der Waals surface area contributed by atoms with Crippen LogP contribution in [0.1, 0.15) is 65.6 Å². The number of benzene rings is 4. The van der Waals surface area contributed by atoms with Crippen molar-refractivity contribution < 1.29 is 50.0 Å². The molecule has 3 aliphatic rings. The van der Waals surface area contributed by atoms with Crippen LogP contribution >= 0.6 is 11.6 Å². The standard InChI is InChI=1S/C56H55ClF6N8O5/c1-32-44(56(61,62)63)48(66-51(46(32)59)65-27-34-9-15-38(72-3)16-10-34)42-45(57)50-43-49(47(42)60)67-54(76-31-55-21-7-23-70(55)30-37(58)26-55)68-53(43)71(24-25-75-50)33(2)41-8-6-22-64-52(41)69(28-35-11-17-39(73-4)18-12-35)29-36-13-19-40(74-5)20-14-36/h6,8-20,22,33,37H,7,21,23-31H2,1-5H3,(H,65,66)/t33-,37-,55+/m1/s1. The van der Waals surface area contributed by atoms with Crippen molar-refractivity contribution in [2.24, 2.45) is 0 Å². The Balaban J connectivity index is 1.12. The minimum atomic E-state index is -5.24. The smallest absolute Gasteiger partial charge is 0.418 e. The summed E-state index contributed by atoms with van der Waals surface area (Å²) >= 11 is 7.16. The number of nitrogens with one attached hydrogen (secondary N) is 1. The molecular weight excluding hydrogens is 1010 g/mol. The highest BCUT2D eigenvalue weighted by Crippen LogP contribution is 2.52. The molecule has 2 saturated heterocycles. The Hall–Kier alpha value is -7.25. The van der Waals surface area contributed by atoms with Crippen LogP contribution in [0.15, 0.2) is 91.1 Å². The van der Waals surface area contributed by atoms with E-state index in [0.29, 0.717) is 54.7 Å². The molecule has 76 heavy (non-hydrogen) atoms. The highest BCUT2D eigenvalue weighted by Gasteiger charge is 2.50. The quantitative estimate of drug-likeness (QED) is 0.0872. The van der Waals surface area contributed by atoms with E-state index in [1.807, 2.05) is 77.4 Å². The molecule has 0 radical (unpaired) electrons. The molecule has 0 bridgehead atoms. The summed E-state index contributed by atoms with van der Waals surface area (Å²) in [5, 5.41) is 2.19. The maximum absolute atomic E-state index is 18.1. The van der Waals surface area contributed by atoms with E-state index < -0.39 is 74.3 Å². The van der Waals surface area contributed by atoms with E-state index in [1.165, 1.54) is 7.11 Å². The van der Waals surface area contributed by atoms with Gasteiger partial charge < -0.3 is 38.8 Å². The van der Waals surface area contributed by atoms with Crippen molar-refractivity contribution in [3.8, 4) is 40.3 Å². The number of pyridine rings is 2. The number of methoxy groups -OCH3 is 3. The van der Waals surface area contributed by atoms with Gasteiger partial charge in [0.1, 0.15) is 53.8 Å². The third-order valence-corrected chi connectivity index (χ3v) is 15.0. The van der Waals surface area contributed by atoms with Crippen LogP contribution in [0.2, 0.25) is 5.02 Å². The number of halogens is 7. The van der Waals surface area contributed by atoms with Crippen LogP contribution in [-0.4, -0.2) is 90.7 Å². The molecule has 2 fully saturated rings. The van der Waals surface area contributed by atoms with Crippen LogP contribution in [-0.2, 0) is 25.8 Å². The highest BCUT2D eigenvalue weighted by atomic mass is 35.5. The lowest BCUT2D eigenvalue weighted by molar-refractivity contribution is -0.137. The van der Waals surface area contributed by atoms with E-state index in [9.17, 15) is 0 Å². The molecule has 7 aromatic rings. The fourth-order valence-corrected chi connectivity index (χ4v) is 11.1. The Morgan fingerprint density at radius 1 is 0.855 bits per heavy atom. The van der Waals surface area contributed by atoms with E-state index in [-0.39, 0.29) is 62.2 Å². The van der Waals surface area contributed by atoms with Crippen molar-refractivity contribution in [3.05, 3.63) is 141 Å². The molecule has 10 rings (SSSR count). The number of alkyl halides is 4. The third kappa shape index (κ3) is 10.1. The minimum absolute atomic E-state index is 0.0437. The number of hydrogen-bond donors (Lipinski definition) is 1. The van der Waals surface area contributed by atoms with Gasteiger partial charge in [-0.1, -0.05) is 54.1 Å². The summed E-state index contributed by atoms with van der Waals surface area (Å²) in [7, 11) is 4.71. The molecule has 0 saturated carbocycles. The predicted molar refractivity (Wildman–Crippen MR) is 278 cm³/mol. The van der Waals surface area contributed by atoms with Gasteiger partial charge in [-0.15, -0.1) is 0 Å². The van der Waals surface area contributed by atoms with E-state index in [0.717, 1.165) is 30.0 Å². The molecule has 20 heteroatoms. The Kier molecular flexibility index (Phi) is 14.7. The Morgan fingerprint density at radius 3 is 2.11 bits per heavy atom. The van der Waals surface area contributed by atoms with Crippen molar-refractivity contribution in [2.75, 3.05) is 69.3 Å². The molecule has 0 unspecified atom stereocenters. The van der Waals surface area contributed by atoms with Gasteiger partial charge >= 0.3 is 12.2 Å². The van der Waals surface area contributed by atoms with Crippen LogP contribution in [0, 0.1) is 18.6 Å². The lowest BCUT2D eigenvalue weighted by Gasteiger charge is -2.34. The van der Waals surface area contributed by atoms with Gasteiger partial charge in [0.2, 0.25) is 0 Å². The number of aromatic nitrogens is 4. The van der Waals surface area contributed by atoms with Gasteiger partial charge in [-0.3, -0.25) is 4.90 Å². The van der Waals surface area contributed by atoms with Crippen molar-refractivity contribution in [3.63, 3.8) is 0 Å². The first kappa shape index (κ1) is 52.2. The molecule has 6 heterocycles. The number of ether oxygens (including phenoxy) is 5. The van der Waals surface area contributed by atoms with Crippen LogP contribution < -0.4 is 38.8 Å². The summed E-state index contributed by atoms with van der Waals surface area (Å²) < 4.78 is 124. The Bertz CT molecular complexity index is 3200. The molecular formula is C56H55ClF6N8O5. The zero-order valence-electron chi connectivity index (χ0n) is 42.4. The fraction of sp³-hybridized carbons (Fsp3) is 0.357. The van der Waals surface area contributed by atoms with Crippen LogP contribution in [0.4, 0.5) is 43.8 Å². The molecule has 0 amide bonds. The van der Waals surface area contributed by atoms with Crippen molar-refractivity contribution >= 4 is 40.0 Å². The van der Waals surface area contributed by atoms with Gasteiger partial charge in [0.05, 0.1) is 66.7 Å². The molecule has 3 aromatic heterocycles. The van der Waals surface area contributed by atoms with Gasteiger partial charge in [0.15, 0.2) is 23.2 Å². The summed E-state index contributed by atoms with van der Waals surface area (Å²) in [6.45, 7) is 4.51. The molecule has 3 atom stereocenters.